The lowest BCUT2D eigenvalue weighted by molar-refractivity contribution is -0.143. The second-order valence-electron chi connectivity index (χ2n) is 5.09. The Morgan fingerprint density at radius 2 is 2.12 bits per heavy atom. The summed E-state index contributed by atoms with van der Waals surface area (Å²) < 4.78 is 0. The molecule has 1 amide bonds. The van der Waals surface area contributed by atoms with E-state index in [0.29, 0.717) is 12.6 Å². The largest absolute Gasteiger partial charge is 0.480 e. The molecule has 0 saturated carbocycles. The van der Waals surface area contributed by atoms with Crippen molar-refractivity contribution < 1.29 is 14.7 Å². The summed E-state index contributed by atoms with van der Waals surface area (Å²) in [5, 5.41) is 11.6. The molecule has 1 aliphatic heterocycles. The lowest BCUT2D eigenvalue weighted by atomic mass is 10.0. The van der Waals surface area contributed by atoms with E-state index in [1.807, 2.05) is 0 Å². The van der Waals surface area contributed by atoms with Crippen molar-refractivity contribution in [2.45, 2.75) is 45.7 Å². The molecule has 1 fully saturated rings. The van der Waals surface area contributed by atoms with Gasteiger partial charge in [0.15, 0.2) is 0 Å². The number of likely N-dealkylation sites (tertiary alicyclic amines) is 1. The minimum Gasteiger partial charge on any atom is -0.480 e. The van der Waals surface area contributed by atoms with Crippen LogP contribution in [0.1, 0.15) is 33.6 Å². The van der Waals surface area contributed by atoms with Gasteiger partial charge >= 0.3 is 5.97 Å². The van der Waals surface area contributed by atoms with Gasteiger partial charge in [-0.3, -0.25) is 9.69 Å². The number of carboxylic acids is 1. The Labute approximate surface area is 102 Å². The molecule has 0 aliphatic carbocycles. The Kier molecular flexibility index (Phi) is 4.93. The molecule has 5 nitrogen and oxygen atoms in total. The first-order valence-corrected chi connectivity index (χ1v) is 6.18. The van der Waals surface area contributed by atoms with E-state index in [9.17, 15) is 9.59 Å². The zero-order valence-corrected chi connectivity index (χ0v) is 10.8. The molecule has 0 aromatic carbocycles. The van der Waals surface area contributed by atoms with Crippen LogP contribution in [0.2, 0.25) is 0 Å². The average molecular weight is 242 g/mol. The van der Waals surface area contributed by atoms with Gasteiger partial charge in [0.05, 0.1) is 6.54 Å². The Balaban J connectivity index is 2.45. The van der Waals surface area contributed by atoms with Crippen LogP contribution in [-0.4, -0.2) is 47.1 Å². The smallest absolute Gasteiger partial charge is 0.326 e. The van der Waals surface area contributed by atoms with Gasteiger partial charge in [0.1, 0.15) is 6.04 Å². The molecule has 17 heavy (non-hydrogen) atoms. The lowest BCUT2D eigenvalue weighted by Gasteiger charge is -2.23. The third kappa shape index (κ3) is 4.00. The molecule has 1 aliphatic rings. The summed E-state index contributed by atoms with van der Waals surface area (Å²) in [4.78, 5) is 24.8. The number of nitrogens with one attached hydrogen (secondary N) is 1. The highest BCUT2D eigenvalue weighted by Gasteiger charge is 2.26. The first kappa shape index (κ1) is 14.0. The third-order valence-electron chi connectivity index (χ3n) is 3.29. The Morgan fingerprint density at radius 1 is 1.47 bits per heavy atom. The Morgan fingerprint density at radius 3 is 2.53 bits per heavy atom. The van der Waals surface area contributed by atoms with Crippen molar-refractivity contribution in [2.75, 3.05) is 13.1 Å². The highest BCUT2D eigenvalue weighted by Crippen LogP contribution is 2.15. The number of carbonyl (C=O) groups is 2. The fraction of sp³-hybridized carbons (Fsp3) is 0.833. The summed E-state index contributed by atoms with van der Waals surface area (Å²) in [6.07, 6.45) is 2.22. The predicted molar refractivity (Wildman–Crippen MR) is 64.7 cm³/mol. The van der Waals surface area contributed by atoms with Crippen LogP contribution in [0.15, 0.2) is 0 Å². The van der Waals surface area contributed by atoms with Gasteiger partial charge in [-0.25, -0.2) is 4.79 Å². The van der Waals surface area contributed by atoms with Crippen LogP contribution >= 0.6 is 0 Å². The number of nitrogens with zero attached hydrogens (tertiary/aromatic N) is 1. The van der Waals surface area contributed by atoms with Crippen molar-refractivity contribution in [3.05, 3.63) is 0 Å². The van der Waals surface area contributed by atoms with Gasteiger partial charge in [-0.2, -0.15) is 0 Å². The summed E-state index contributed by atoms with van der Waals surface area (Å²) in [7, 11) is 0. The molecular formula is C12H22N2O3. The number of amides is 1. The van der Waals surface area contributed by atoms with Gasteiger partial charge in [0.2, 0.25) is 5.91 Å². The van der Waals surface area contributed by atoms with Crippen molar-refractivity contribution in [1.29, 1.82) is 0 Å². The molecule has 0 bridgehead atoms. The normalized spacial score (nSPS) is 22.7. The van der Waals surface area contributed by atoms with Crippen LogP contribution in [0.5, 0.6) is 0 Å². The van der Waals surface area contributed by atoms with Gasteiger partial charge in [0, 0.05) is 6.04 Å². The monoisotopic (exact) mass is 242 g/mol. The quantitative estimate of drug-likeness (QED) is 0.744. The summed E-state index contributed by atoms with van der Waals surface area (Å²) in [6.45, 7) is 6.90. The van der Waals surface area contributed by atoms with Crippen LogP contribution in [0.3, 0.4) is 0 Å². The van der Waals surface area contributed by atoms with E-state index < -0.39 is 12.0 Å². The van der Waals surface area contributed by atoms with Crippen molar-refractivity contribution in [3.8, 4) is 0 Å². The predicted octanol–water partition coefficient (Wildman–Crippen LogP) is 0.696. The zero-order chi connectivity index (χ0) is 13.0. The maximum Gasteiger partial charge on any atom is 0.326 e. The number of hydrogen-bond donors (Lipinski definition) is 2. The van der Waals surface area contributed by atoms with Gasteiger partial charge < -0.3 is 10.4 Å². The van der Waals surface area contributed by atoms with E-state index >= 15 is 0 Å². The molecule has 0 aromatic rings. The first-order chi connectivity index (χ1) is 7.91. The lowest BCUT2D eigenvalue weighted by Crippen LogP contribution is -2.48. The second-order valence-corrected chi connectivity index (χ2v) is 5.09. The van der Waals surface area contributed by atoms with Crippen molar-refractivity contribution in [3.63, 3.8) is 0 Å². The average Bonchev–Trinajstić information content (AvgIpc) is 2.60. The van der Waals surface area contributed by atoms with Crippen molar-refractivity contribution in [2.24, 2.45) is 5.92 Å². The molecule has 1 saturated heterocycles. The number of carboxylic acid groups (broad SMARTS) is 1. The number of aliphatic carboxylic acids is 1. The van der Waals surface area contributed by atoms with Gasteiger partial charge in [-0.15, -0.1) is 0 Å². The van der Waals surface area contributed by atoms with Crippen LogP contribution in [0.4, 0.5) is 0 Å². The Hall–Kier alpha value is -1.10. The maximum absolute atomic E-state index is 11.7. The Bertz CT molecular complexity index is 291. The van der Waals surface area contributed by atoms with Crippen LogP contribution in [0.25, 0.3) is 0 Å². The van der Waals surface area contributed by atoms with Crippen molar-refractivity contribution in [1.82, 2.24) is 10.2 Å². The van der Waals surface area contributed by atoms with Crippen molar-refractivity contribution >= 4 is 11.9 Å². The zero-order valence-electron chi connectivity index (χ0n) is 10.8. The van der Waals surface area contributed by atoms with Gasteiger partial charge in [0.25, 0.3) is 0 Å². The summed E-state index contributed by atoms with van der Waals surface area (Å²) in [6, 6.07) is -0.372. The standard InChI is InChI=1S/C12H22N2O3/c1-8(2)11(12(16)17)13-10(15)7-14-6-4-5-9(14)3/h8-9,11H,4-7H2,1-3H3,(H,13,15)(H,16,17)/t9-,11-/m0/s1. The second kappa shape index (κ2) is 6.00. The minimum absolute atomic E-state index is 0.104. The molecule has 1 rings (SSSR count). The molecule has 2 N–H and O–H groups in total. The van der Waals surface area contributed by atoms with Crippen LogP contribution in [-0.2, 0) is 9.59 Å². The number of hydrogen-bond acceptors (Lipinski definition) is 3. The molecule has 0 aromatic heterocycles. The highest BCUT2D eigenvalue weighted by atomic mass is 16.4. The fourth-order valence-electron chi connectivity index (χ4n) is 2.14. The molecular weight excluding hydrogens is 220 g/mol. The first-order valence-electron chi connectivity index (χ1n) is 6.18. The fourth-order valence-corrected chi connectivity index (χ4v) is 2.14. The van der Waals surface area contributed by atoms with E-state index in [2.05, 4.69) is 17.1 Å². The van der Waals surface area contributed by atoms with Crippen LogP contribution in [0, 0.1) is 5.92 Å². The van der Waals surface area contributed by atoms with E-state index in [1.165, 1.54) is 0 Å². The topological polar surface area (TPSA) is 69.6 Å². The molecule has 0 spiro atoms. The van der Waals surface area contributed by atoms with E-state index in [1.54, 1.807) is 13.8 Å². The summed E-state index contributed by atoms with van der Waals surface area (Å²) in [5.41, 5.74) is 0. The van der Waals surface area contributed by atoms with Gasteiger partial charge in [-0.1, -0.05) is 13.8 Å². The van der Waals surface area contributed by atoms with E-state index in [-0.39, 0.29) is 11.8 Å². The molecule has 1 heterocycles. The van der Waals surface area contributed by atoms with Crippen LogP contribution < -0.4 is 5.32 Å². The highest BCUT2D eigenvalue weighted by molar-refractivity contribution is 5.84. The molecule has 98 valence electrons. The van der Waals surface area contributed by atoms with E-state index in [0.717, 1.165) is 19.4 Å². The molecule has 5 heteroatoms. The minimum atomic E-state index is -0.970. The molecule has 0 unspecified atom stereocenters. The molecule has 2 atom stereocenters. The summed E-state index contributed by atoms with van der Waals surface area (Å²) in [5.74, 6) is -1.27. The number of carbonyl (C=O) groups excluding carboxylic acids is 1. The summed E-state index contributed by atoms with van der Waals surface area (Å²) >= 11 is 0. The SMILES string of the molecule is CC(C)[C@H](NC(=O)CN1CCC[C@@H]1C)C(=O)O. The van der Waals surface area contributed by atoms with Gasteiger partial charge in [-0.05, 0) is 32.2 Å². The molecule has 0 radical (unpaired) electrons. The number of rotatable bonds is 5. The third-order valence-corrected chi connectivity index (χ3v) is 3.29. The maximum atomic E-state index is 11.7. The van der Waals surface area contributed by atoms with E-state index in [4.69, 9.17) is 5.11 Å².